The van der Waals surface area contributed by atoms with Gasteiger partial charge in [0.1, 0.15) is 11.5 Å². The van der Waals surface area contributed by atoms with Gasteiger partial charge in [0, 0.05) is 46.2 Å². The molecule has 0 saturated carbocycles. The Morgan fingerprint density at radius 3 is 1.88 bits per heavy atom. The third-order valence-electron chi connectivity index (χ3n) is 8.41. The molecule has 8 aromatic rings. The fraction of sp³-hybridized carbons (Fsp3) is 0.0513. The lowest BCUT2D eigenvalue weighted by Crippen LogP contribution is -2.10. The lowest BCUT2D eigenvalue weighted by molar-refractivity contribution is 0.414. The van der Waals surface area contributed by atoms with Gasteiger partial charge in [-0.05, 0) is 86.6 Å². The summed E-state index contributed by atoms with van der Waals surface area (Å²) in [7, 11) is 3.39. The summed E-state index contributed by atoms with van der Waals surface area (Å²) in [5, 5.41) is 8.67. The molecule has 0 aliphatic carbocycles. The molecule has 0 spiro atoms. The molecule has 0 saturated heterocycles. The van der Waals surface area contributed by atoms with E-state index in [1.54, 1.807) is 14.2 Å². The van der Waals surface area contributed by atoms with Crippen LogP contribution in [-0.4, -0.2) is 19.2 Å². The molecule has 0 aliphatic rings. The van der Waals surface area contributed by atoms with Crippen molar-refractivity contribution in [2.45, 2.75) is 0 Å². The molecule has 4 heteroatoms. The zero-order chi connectivity index (χ0) is 28.9. The second-order valence-corrected chi connectivity index (χ2v) is 10.8. The number of anilines is 3. The minimum atomic E-state index is 0.804. The smallest absolute Gasteiger partial charge is 0.120 e. The summed E-state index contributed by atoms with van der Waals surface area (Å²) in [6, 6.07) is 44.9. The summed E-state index contributed by atoms with van der Waals surface area (Å²) in [5.41, 5.74) is 6.48. The van der Waals surface area contributed by atoms with Crippen molar-refractivity contribution >= 4 is 60.3 Å². The normalized spacial score (nSPS) is 11.5. The predicted molar refractivity (Wildman–Crippen MR) is 179 cm³/mol. The first kappa shape index (κ1) is 25.1. The third kappa shape index (κ3) is 4.11. The number of pyridine rings is 1. The molecule has 7 aromatic carbocycles. The maximum Gasteiger partial charge on any atom is 0.120 e. The van der Waals surface area contributed by atoms with E-state index < -0.39 is 0 Å². The first-order chi connectivity index (χ1) is 21.2. The van der Waals surface area contributed by atoms with Gasteiger partial charge < -0.3 is 14.4 Å². The van der Waals surface area contributed by atoms with E-state index in [9.17, 15) is 0 Å². The highest BCUT2D eigenvalue weighted by atomic mass is 16.5. The Labute approximate surface area is 249 Å². The summed E-state index contributed by atoms with van der Waals surface area (Å²) in [4.78, 5) is 6.96. The molecule has 206 valence electrons. The Balaban J connectivity index is 1.28. The largest absolute Gasteiger partial charge is 0.497 e. The molecule has 0 aliphatic heterocycles. The highest BCUT2D eigenvalue weighted by Gasteiger charge is 2.17. The van der Waals surface area contributed by atoms with Gasteiger partial charge in [-0.2, -0.15) is 0 Å². The third-order valence-corrected chi connectivity index (χ3v) is 8.41. The predicted octanol–water partition coefficient (Wildman–Crippen LogP) is 10.3. The van der Waals surface area contributed by atoms with Crippen LogP contribution in [0.5, 0.6) is 11.5 Å². The number of fused-ring (bicyclic) bond motifs is 2. The Morgan fingerprint density at radius 2 is 1.16 bits per heavy atom. The molecule has 1 aromatic heterocycles. The first-order valence-electron chi connectivity index (χ1n) is 14.4. The number of aromatic nitrogens is 1. The number of rotatable bonds is 6. The number of ether oxygens (including phenoxy) is 2. The van der Waals surface area contributed by atoms with Crippen molar-refractivity contribution in [2.75, 3.05) is 19.1 Å². The van der Waals surface area contributed by atoms with Crippen molar-refractivity contribution in [1.29, 1.82) is 0 Å². The number of methoxy groups -OCH3 is 2. The van der Waals surface area contributed by atoms with E-state index in [2.05, 4.69) is 89.8 Å². The number of hydrogen-bond donors (Lipinski definition) is 0. The summed E-state index contributed by atoms with van der Waals surface area (Å²) >= 11 is 0. The summed E-state index contributed by atoms with van der Waals surface area (Å²) in [6.45, 7) is 0. The highest BCUT2D eigenvalue weighted by Crippen LogP contribution is 2.43. The van der Waals surface area contributed by atoms with Gasteiger partial charge in [-0.3, -0.25) is 4.98 Å². The van der Waals surface area contributed by atoms with Crippen molar-refractivity contribution in [3.05, 3.63) is 134 Å². The van der Waals surface area contributed by atoms with Gasteiger partial charge in [0.15, 0.2) is 0 Å². The molecule has 0 amide bonds. The Morgan fingerprint density at radius 1 is 0.512 bits per heavy atom. The monoisotopic (exact) mass is 556 g/mol. The van der Waals surface area contributed by atoms with E-state index in [1.165, 1.54) is 48.8 Å². The van der Waals surface area contributed by atoms with E-state index >= 15 is 0 Å². The van der Waals surface area contributed by atoms with Crippen molar-refractivity contribution in [3.8, 4) is 22.6 Å². The van der Waals surface area contributed by atoms with E-state index in [0.29, 0.717) is 0 Å². The zero-order valence-electron chi connectivity index (χ0n) is 23.9. The molecule has 0 bridgehead atoms. The standard InChI is InChI=1S/C39H28N2O2/c1-42-32-9-3-7-30(23-32)41(31-8-4-10-33(24-31)43-2)29-16-13-25(14-17-29)34-18-15-26-11-12-27-22-28-6-5-21-40-39(28)36-20-19-35(34)37(26)38(27)36/h3-24H,1-2H3. The minimum absolute atomic E-state index is 0.804. The lowest BCUT2D eigenvalue weighted by atomic mass is 9.89. The second-order valence-electron chi connectivity index (χ2n) is 10.8. The van der Waals surface area contributed by atoms with E-state index in [4.69, 9.17) is 14.5 Å². The van der Waals surface area contributed by atoms with Gasteiger partial charge in [0.2, 0.25) is 0 Å². The van der Waals surface area contributed by atoms with Crippen LogP contribution in [-0.2, 0) is 0 Å². The zero-order valence-corrected chi connectivity index (χ0v) is 23.9. The summed E-state index contributed by atoms with van der Waals surface area (Å²) in [6.07, 6.45) is 1.88. The lowest BCUT2D eigenvalue weighted by Gasteiger charge is -2.26. The van der Waals surface area contributed by atoms with Crippen molar-refractivity contribution in [2.24, 2.45) is 0 Å². The van der Waals surface area contributed by atoms with Gasteiger partial charge in [0.25, 0.3) is 0 Å². The molecule has 0 fully saturated rings. The van der Waals surface area contributed by atoms with Crippen LogP contribution >= 0.6 is 0 Å². The van der Waals surface area contributed by atoms with Crippen LogP contribution in [0, 0.1) is 0 Å². The van der Waals surface area contributed by atoms with Crippen LogP contribution in [0.2, 0.25) is 0 Å². The van der Waals surface area contributed by atoms with Gasteiger partial charge in [0.05, 0.1) is 19.7 Å². The SMILES string of the molecule is COc1cccc(N(c2ccc(-c3ccc4ccc5cc6cccnc6c6ccc3c4c56)cc2)c2cccc(OC)c2)c1. The van der Waals surface area contributed by atoms with E-state index in [-0.39, 0.29) is 0 Å². The first-order valence-corrected chi connectivity index (χ1v) is 14.4. The van der Waals surface area contributed by atoms with Crippen LogP contribution in [0.15, 0.2) is 134 Å². The fourth-order valence-corrected chi connectivity index (χ4v) is 6.41. The Hall–Kier alpha value is -5.61. The molecular weight excluding hydrogens is 528 g/mol. The number of hydrogen-bond acceptors (Lipinski definition) is 4. The van der Waals surface area contributed by atoms with Crippen LogP contribution in [0.1, 0.15) is 0 Å². The maximum absolute atomic E-state index is 5.56. The molecule has 0 radical (unpaired) electrons. The molecule has 0 unspecified atom stereocenters. The van der Waals surface area contributed by atoms with Crippen LogP contribution in [0.3, 0.4) is 0 Å². The average Bonchev–Trinajstić information content (AvgIpc) is 3.07. The van der Waals surface area contributed by atoms with Crippen molar-refractivity contribution < 1.29 is 9.47 Å². The minimum Gasteiger partial charge on any atom is -0.497 e. The summed E-state index contributed by atoms with van der Waals surface area (Å²) in [5.74, 6) is 1.61. The van der Waals surface area contributed by atoms with E-state index in [0.717, 1.165) is 34.1 Å². The van der Waals surface area contributed by atoms with Crippen molar-refractivity contribution in [3.63, 3.8) is 0 Å². The van der Waals surface area contributed by atoms with Crippen molar-refractivity contribution in [1.82, 2.24) is 4.98 Å². The number of benzene rings is 7. The molecule has 4 nitrogen and oxygen atoms in total. The van der Waals surface area contributed by atoms with Crippen LogP contribution < -0.4 is 14.4 Å². The molecule has 0 atom stereocenters. The topological polar surface area (TPSA) is 34.6 Å². The molecule has 43 heavy (non-hydrogen) atoms. The molecule has 0 N–H and O–H groups in total. The highest BCUT2D eigenvalue weighted by molar-refractivity contribution is 6.29. The fourth-order valence-electron chi connectivity index (χ4n) is 6.41. The molecular formula is C39H28N2O2. The molecule has 8 rings (SSSR count). The van der Waals surface area contributed by atoms with Gasteiger partial charge in [-0.15, -0.1) is 0 Å². The molecule has 1 heterocycles. The Bertz CT molecular complexity index is 2230. The quantitative estimate of drug-likeness (QED) is 0.151. The number of nitrogens with zero attached hydrogens (tertiary/aromatic N) is 2. The van der Waals surface area contributed by atoms with Gasteiger partial charge >= 0.3 is 0 Å². The van der Waals surface area contributed by atoms with Gasteiger partial charge in [-0.1, -0.05) is 66.7 Å². The maximum atomic E-state index is 5.56. The summed E-state index contributed by atoms with van der Waals surface area (Å²) < 4.78 is 11.1. The van der Waals surface area contributed by atoms with E-state index in [1.807, 2.05) is 48.7 Å². The Kier molecular flexibility index (Phi) is 5.86. The second kappa shape index (κ2) is 10.0. The van der Waals surface area contributed by atoms with Gasteiger partial charge in [-0.25, -0.2) is 0 Å². The average molecular weight is 557 g/mol. The van der Waals surface area contributed by atoms with Crippen LogP contribution in [0.25, 0.3) is 54.3 Å². The van der Waals surface area contributed by atoms with Crippen LogP contribution in [0.4, 0.5) is 17.1 Å².